The van der Waals surface area contributed by atoms with Crippen molar-refractivity contribution in [1.29, 1.82) is 0 Å². The second kappa shape index (κ2) is 9.02. The molecule has 1 N–H and O–H groups in total. The zero-order chi connectivity index (χ0) is 14.8. The predicted molar refractivity (Wildman–Crippen MR) is 70.4 cm³/mol. The zero-order valence-electron chi connectivity index (χ0n) is 11.7. The number of furan rings is 1. The summed E-state index contributed by atoms with van der Waals surface area (Å²) in [6.45, 7) is 3.70. The molecule has 1 aromatic heterocycles. The summed E-state index contributed by atoms with van der Waals surface area (Å²) < 4.78 is 46.4. The molecule has 116 valence electrons. The first-order valence-electron chi connectivity index (χ1n) is 6.87. The lowest BCUT2D eigenvalue weighted by Gasteiger charge is -2.14. The fourth-order valence-electron chi connectivity index (χ4n) is 1.80. The van der Waals surface area contributed by atoms with Gasteiger partial charge in [-0.15, -0.1) is 0 Å². The smallest absolute Gasteiger partial charge is 0.389 e. The Kier molecular flexibility index (Phi) is 7.69. The Bertz CT molecular complexity index is 339. The highest BCUT2D eigenvalue weighted by atomic mass is 19.4. The molecular formula is C14H22F3NO2. The van der Waals surface area contributed by atoms with Crippen LogP contribution in [0.1, 0.15) is 38.4 Å². The van der Waals surface area contributed by atoms with Crippen LogP contribution in [-0.4, -0.2) is 25.4 Å². The zero-order valence-corrected chi connectivity index (χ0v) is 11.7. The van der Waals surface area contributed by atoms with Gasteiger partial charge in [0, 0.05) is 19.1 Å². The number of nitrogens with one attached hydrogen (secondary N) is 1. The van der Waals surface area contributed by atoms with Gasteiger partial charge >= 0.3 is 6.18 Å². The SMILES string of the molecule is CC(CCCC(F)(F)F)NCCCOCc1ccco1. The lowest BCUT2D eigenvalue weighted by molar-refractivity contribution is -0.135. The van der Waals surface area contributed by atoms with Gasteiger partial charge in [0.25, 0.3) is 0 Å². The molecule has 0 bridgehead atoms. The molecule has 0 saturated heterocycles. The van der Waals surface area contributed by atoms with Crippen LogP contribution in [0.4, 0.5) is 13.2 Å². The van der Waals surface area contributed by atoms with Crippen molar-refractivity contribution in [2.75, 3.05) is 13.2 Å². The van der Waals surface area contributed by atoms with E-state index in [-0.39, 0.29) is 12.5 Å². The summed E-state index contributed by atoms with van der Waals surface area (Å²) in [6, 6.07) is 3.76. The van der Waals surface area contributed by atoms with Crippen molar-refractivity contribution in [2.45, 2.75) is 51.4 Å². The number of rotatable bonds is 10. The Hall–Kier alpha value is -1.01. The monoisotopic (exact) mass is 293 g/mol. The van der Waals surface area contributed by atoms with Crippen LogP contribution in [0.2, 0.25) is 0 Å². The van der Waals surface area contributed by atoms with Crippen molar-refractivity contribution in [2.24, 2.45) is 0 Å². The Labute approximate surface area is 117 Å². The average Bonchev–Trinajstić information content (AvgIpc) is 2.85. The Morgan fingerprint density at radius 2 is 2.15 bits per heavy atom. The molecule has 1 aromatic rings. The van der Waals surface area contributed by atoms with Crippen LogP contribution in [0, 0.1) is 0 Å². The summed E-state index contributed by atoms with van der Waals surface area (Å²) in [5, 5.41) is 3.19. The highest BCUT2D eigenvalue weighted by Crippen LogP contribution is 2.22. The van der Waals surface area contributed by atoms with E-state index in [0.29, 0.717) is 19.6 Å². The van der Waals surface area contributed by atoms with Gasteiger partial charge in [0.1, 0.15) is 12.4 Å². The molecule has 0 aliphatic rings. The Morgan fingerprint density at radius 3 is 2.80 bits per heavy atom. The molecule has 20 heavy (non-hydrogen) atoms. The van der Waals surface area contributed by atoms with Crippen LogP contribution in [0.5, 0.6) is 0 Å². The molecule has 0 aliphatic carbocycles. The summed E-state index contributed by atoms with van der Waals surface area (Å²) >= 11 is 0. The topological polar surface area (TPSA) is 34.4 Å². The van der Waals surface area contributed by atoms with Crippen LogP contribution in [-0.2, 0) is 11.3 Å². The minimum atomic E-state index is -4.04. The van der Waals surface area contributed by atoms with Gasteiger partial charge in [0.15, 0.2) is 0 Å². The van der Waals surface area contributed by atoms with Gasteiger partial charge in [0.2, 0.25) is 0 Å². The second-order valence-corrected chi connectivity index (χ2v) is 4.85. The average molecular weight is 293 g/mol. The van der Waals surface area contributed by atoms with Gasteiger partial charge in [-0.05, 0) is 44.9 Å². The van der Waals surface area contributed by atoms with Crippen LogP contribution >= 0.6 is 0 Å². The van der Waals surface area contributed by atoms with Crippen molar-refractivity contribution in [1.82, 2.24) is 5.32 Å². The fourth-order valence-corrected chi connectivity index (χ4v) is 1.80. The number of hydrogen-bond donors (Lipinski definition) is 1. The third-order valence-electron chi connectivity index (χ3n) is 2.88. The maximum absolute atomic E-state index is 12.0. The second-order valence-electron chi connectivity index (χ2n) is 4.85. The van der Waals surface area contributed by atoms with Gasteiger partial charge in [0.05, 0.1) is 6.26 Å². The third kappa shape index (κ3) is 8.98. The molecular weight excluding hydrogens is 271 g/mol. The quantitative estimate of drug-likeness (QED) is 0.664. The normalized spacial score (nSPS) is 13.6. The lowest BCUT2D eigenvalue weighted by Crippen LogP contribution is -2.28. The van der Waals surface area contributed by atoms with Crippen molar-refractivity contribution in [3.63, 3.8) is 0 Å². The third-order valence-corrected chi connectivity index (χ3v) is 2.88. The van der Waals surface area contributed by atoms with E-state index in [1.165, 1.54) is 0 Å². The highest BCUT2D eigenvalue weighted by molar-refractivity contribution is 4.95. The molecule has 6 heteroatoms. The standard InChI is InChI=1S/C14H22F3NO2/c1-12(5-2-7-14(15,16)17)18-8-4-9-19-11-13-6-3-10-20-13/h3,6,10,12,18H,2,4-5,7-9,11H2,1H3. The minimum Gasteiger partial charge on any atom is -0.467 e. The molecule has 0 fully saturated rings. The molecule has 3 nitrogen and oxygen atoms in total. The number of hydrogen-bond acceptors (Lipinski definition) is 3. The van der Waals surface area contributed by atoms with Gasteiger partial charge in [-0.2, -0.15) is 13.2 Å². The molecule has 0 aromatic carbocycles. The van der Waals surface area contributed by atoms with Crippen LogP contribution in [0.25, 0.3) is 0 Å². The fraction of sp³-hybridized carbons (Fsp3) is 0.714. The highest BCUT2D eigenvalue weighted by Gasteiger charge is 2.26. The van der Waals surface area contributed by atoms with Gasteiger partial charge < -0.3 is 14.5 Å². The molecule has 0 spiro atoms. The van der Waals surface area contributed by atoms with E-state index < -0.39 is 12.6 Å². The first-order valence-corrected chi connectivity index (χ1v) is 6.87. The van der Waals surface area contributed by atoms with E-state index in [2.05, 4.69) is 5.32 Å². The van der Waals surface area contributed by atoms with Gasteiger partial charge in [-0.3, -0.25) is 0 Å². The number of halogens is 3. The van der Waals surface area contributed by atoms with Gasteiger partial charge in [-0.25, -0.2) is 0 Å². The van der Waals surface area contributed by atoms with Gasteiger partial charge in [-0.1, -0.05) is 0 Å². The molecule has 0 amide bonds. The van der Waals surface area contributed by atoms with Crippen LogP contribution in [0.3, 0.4) is 0 Å². The molecule has 1 heterocycles. The van der Waals surface area contributed by atoms with Crippen LogP contribution in [0.15, 0.2) is 22.8 Å². The van der Waals surface area contributed by atoms with E-state index in [4.69, 9.17) is 9.15 Å². The Morgan fingerprint density at radius 1 is 1.35 bits per heavy atom. The first kappa shape index (κ1) is 17.0. The molecule has 1 atom stereocenters. The number of ether oxygens (including phenoxy) is 1. The summed E-state index contributed by atoms with van der Waals surface area (Å²) in [7, 11) is 0. The van der Waals surface area contributed by atoms with Crippen molar-refractivity contribution >= 4 is 0 Å². The number of alkyl halides is 3. The van der Waals surface area contributed by atoms with E-state index >= 15 is 0 Å². The summed E-state index contributed by atoms with van der Waals surface area (Å²) in [5.74, 6) is 0.790. The van der Waals surface area contributed by atoms with E-state index in [1.54, 1.807) is 6.26 Å². The maximum atomic E-state index is 12.0. The first-order chi connectivity index (χ1) is 9.47. The summed E-state index contributed by atoms with van der Waals surface area (Å²) in [5.41, 5.74) is 0. The summed E-state index contributed by atoms with van der Waals surface area (Å²) in [6.07, 6.45) is -1.61. The molecule has 0 aliphatic heterocycles. The minimum absolute atomic E-state index is 0.0995. The van der Waals surface area contributed by atoms with Crippen molar-refractivity contribution < 1.29 is 22.3 Å². The van der Waals surface area contributed by atoms with E-state index in [1.807, 2.05) is 19.1 Å². The van der Waals surface area contributed by atoms with Crippen molar-refractivity contribution in [3.8, 4) is 0 Å². The van der Waals surface area contributed by atoms with Crippen molar-refractivity contribution in [3.05, 3.63) is 24.2 Å². The molecule has 1 rings (SSSR count). The Balaban J connectivity index is 1.90. The largest absolute Gasteiger partial charge is 0.467 e. The summed E-state index contributed by atoms with van der Waals surface area (Å²) in [4.78, 5) is 0. The molecule has 0 saturated carbocycles. The van der Waals surface area contributed by atoms with E-state index in [0.717, 1.165) is 18.7 Å². The lowest BCUT2D eigenvalue weighted by atomic mass is 10.1. The van der Waals surface area contributed by atoms with Crippen LogP contribution < -0.4 is 5.32 Å². The maximum Gasteiger partial charge on any atom is 0.389 e. The van der Waals surface area contributed by atoms with E-state index in [9.17, 15) is 13.2 Å². The molecule has 0 radical (unpaired) electrons. The molecule has 1 unspecified atom stereocenters. The predicted octanol–water partition coefficient (Wildman–Crippen LogP) is 3.90.